The number of fused-ring (bicyclic) bond motifs is 1. The molecule has 0 atom stereocenters. The molecule has 0 aliphatic rings. The average Bonchev–Trinajstić information content (AvgIpc) is 2.56. The summed E-state index contributed by atoms with van der Waals surface area (Å²) in [6.07, 6.45) is 0. The molecule has 0 saturated carbocycles. The van der Waals surface area contributed by atoms with E-state index in [1.165, 1.54) is 19.2 Å². The molecule has 0 spiro atoms. The molecule has 0 unspecified atom stereocenters. The Bertz CT molecular complexity index is 601. The van der Waals surface area contributed by atoms with Crippen molar-refractivity contribution in [1.29, 1.82) is 0 Å². The maximum atomic E-state index is 11.5. The largest absolute Gasteiger partial charge is 0.441 e. The third-order valence-corrected chi connectivity index (χ3v) is 3.46. The van der Waals surface area contributed by atoms with E-state index in [0.717, 1.165) is 0 Å². The van der Waals surface area contributed by atoms with Gasteiger partial charge >= 0.3 is 0 Å². The van der Waals surface area contributed by atoms with E-state index < -0.39 is 10.0 Å². The number of rotatable bonds is 2. The third-order valence-electron chi connectivity index (χ3n) is 2.05. The Morgan fingerprint density at radius 3 is 2.80 bits per heavy atom. The molecule has 6 heteroatoms. The summed E-state index contributed by atoms with van der Waals surface area (Å²) in [5.74, 6) is 0.518. The summed E-state index contributed by atoms with van der Waals surface area (Å²) < 4.78 is 30.4. The highest BCUT2D eigenvalue weighted by atomic mass is 32.2. The minimum atomic E-state index is -3.42. The van der Waals surface area contributed by atoms with E-state index in [-0.39, 0.29) is 4.90 Å². The molecule has 80 valence electrons. The maximum absolute atomic E-state index is 11.5. The number of sulfonamides is 1. The minimum absolute atomic E-state index is 0.175. The van der Waals surface area contributed by atoms with E-state index >= 15 is 0 Å². The molecule has 1 aromatic heterocycles. The second kappa shape index (κ2) is 3.32. The molecule has 0 aliphatic carbocycles. The molecule has 15 heavy (non-hydrogen) atoms. The van der Waals surface area contributed by atoms with Gasteiger partial charge < -0.3 is 4.42 Å². The lowest BCUT2D eigenvalue weighted by atomic mass is 10.3. The first kappa shape index (κ1) is 10.1. The summed E-state index contributed by atoms with van der Waals surface area (Å²) in [5, 5.41) is 0. The zero-order valence-electron chi connectivity index (χ0n) is 8.31. The van der Waals surface area contributed by atoms with Crippen LogP contribution in [0.5, 0.6) is 0 Å². The van der Waals surface area contributed by atoms with Gasteiger partial charge in [-0.05, 0) is 19.2 Å². The molecule has 0 amide bonds. The summed E-state index contributed by atoms with van der Waals surface area (Å²) in [5.41, 5.74) is 1.13. The van der Waals surface area contributed by atoms with Gasteiger partial charge in [0.15, 0.2) is 11.5 Å². The highest BCUT2D eigenvalue weighted by Crippen LogP contribution is 2.19. The Morgan fingerprint density at radius 1 is 1.40 bits per heavy atom. The Balaban J connectivity index is 2.66. The number of hydrogen-bond donors (Lipinski definition) is 1. The average molecular weight is 226 g/mol. The quantitative estimate of drug-likeness (QED) is 0.830. The van der Waals surface area contributed by atoms with Crippen LogP contribution in [0.3, 0.4) is 0 Å². The van der Waals surface area contributed by atoms with E-state index in [1.807, 2.05) is 0 Å². The van der Waals surface area contributed by atoms with Gasteiger partial charge in [-0.3, -0.25) is 0 Å². The van der Waals surface area contributed by atoms with E-state index in [1.54, 1.807) is 13.0 Å². The van der Waals surface area contributed by atoms with E-state index in [2.05, 4.69) is 9.71 Å². The van der Waals surface area contributed by atoms with Crippen LogP contribution in [0.25, 0.3) is 11.1 Å². The summed E-state index contributed by atoms with van der Waals surface area (Å²) in [6, 6.07) is 4.58. The van der Waals surface area contributed by atoms with Crippen LogP contribution in [0, 0.1) is 6.92 Å². The minimum Gasteiger partial charge on any atom is -0.441 e. The first-order valence-electron chi connectivity index (χ1n) is 4.34. The zero-order chi connectivity index (χ0) is 11.1. The van der Waals surface area contributed by atoms with Crippen molar-refractivity contribution in [2.75, 3.05) is 7.05 Å². The number of oxazole rings is 1. The van der Waals surface area contributed by atoms with Crippen molar-refractivity contribution in [2.24, 2.45) is 0 Å². The van der Waals surface area contributed by atoms with Gasteiger partial charge in [-0.15, -0.1) is 0 Å². The van der Waals surface area contributed by atoms with Gasteiger partial charge in [0.1, 0.15) is 5.52 Å². The van der Waals surface area contributed by atoms with Crippen molar-refractivity contribution in [3.05, 3.63) is 24.1 Å². The molecule has 2 rings (SSSR count). The molecule has 0 bridgehead atoms. The molecule has 0 radical (unpaired) electrons. The van der Waals surface area contributed by atoms with Gasteiger partial charge in [0.05, 0.1) is 4.90 Å². The Hall–Kier alpha value is -1.40. The van der Waals surface area contributed by atoms with Gasteiger partial charge in [-0.1, -0.05) is 0 Å². The molecule has 5 nitrogen and oxygen atoms in total. The van der Waals surface area contributed by atoms with Crippen molar-refractivity contribution in [3.8, 4) is 0 Å². The van der Waals surface area contributed by atoms with Gasteiger partial charge in [0.2, 0.25) is 10.0 Å². The van der Waals surface area contributed by atoms with E-state index in [0.29, 0.717) is 17.0 Å². The number of aryl methyl sites for hydroxylation is 1. The molecular formula is C9H10N2O3S. The summed E-state index contributed by atoms with van der Waals surface area (Å²) in [4.78, 5) is 4.25. The van der Waals surface area contributed by atoms with Gasteiger partial charge in [-0.25, -0.2) is 18.1 Å². The van der Waals surface area contributed by atoms with Crippen molar-refractivity contribution in [3.63, 3.8) is 0 Å². The predicted molar refractivity (Wildman–Crippen MR) is 55.0 cm³/mol. The fraction of sp³-hybridized carbons (Fsp3) is 0.222. The standard InChI is InChI=1S/C9H10N2O3S/c1-6-11-8-4-3-7(5-9(8)14-6)15(12,13)10-2/h3-5,10H,1-2H3. The molecule has 0 fully saturated rings. The van der Waals surface area contributed by atoms with Gasteiger partial charge in [-0.2, -0.15) is 0 Å². The molecular weight excluding hydrogens is 216 g/mol. The molecule has 0 saturated heterocycles. The Labute approximate surface area is 87.2 Å². The fourth-order valence-corrected chi connectivity index (χ4v) is 2.05. The highest BCUT2D eigenvalue weighted by molar-refractivity contribution is 7.89. The third kappa shape index (κ3) is 1.73. The summed E-state index contributed by atoms with van der Waals surface area (Å²) in [6.45, 7) is 1.71. The molecule has 0 aliphatic heterocycles. The van der Waals surface area contributed by atoms with Crippen molar-refractivity contribution < 1.29 is 12.8 Å². The van der Waals surface area contributed by atoms with Crippen molar-refractivity contribution in [2.45, 2.75) is 11.8 Å². The van der Waals surface area contributed by atoms with Crippen LogP contribution in [0.2, 0.25) is 0 Å². The first-order chi connectivity index (χ1) is 7.03. The van der Waals surface area contributed by atoms with Crippen LogP contribution in [0.1, 0.15) is 5.89 Å². The van der Waals surface area contributed by atoms with Crippen LogP contribution in [-0.4, -0.2) is 20.4 Å². The number of aromatic nitrogens is 1. The predicted octanol–water partition coefficient (Wildman–Crippen LogP) is 1.04. The Morgan fingerprint density at radius 2 is 2.13 bits per heavy atom. The molecule has 1 N–H and O–H groups in total. The summed E-state index contributed by atoms with van der Waals surface area (Å²) >= 11 is 0. The molecule has 1 heterocycles. The molecule has 2 aromatic rings. The smallest absolute Gasteiger partial charge is 0.240 e. The number of hydrogen-bond acceptors (Lipinski definition) is 4. The Kier molecular flexibility index (Phi) is 2.24. The van der Waals surface area contributed by atoms with Crippen LogP contribution < -0.4 is 4.72 Å². The topological polar surface area (TPSA) is 72.2 Å². The van der Waals surface area contributed by atoms with Crippen molar-refractivity contribution in [1.82, 2.24) is 9.71 Å². The SMILES string of the molecule is CNS(=O)(=O)c1ccc2nc(C)oc2c1. The number of nitrogens with one attached hydrogen (secondary N) is 1. The number of benzene rings is 1. The van der Waals surface area contributed by atoms with Crippen LogP contribution in [-0.2, 0) is 10.0 Å². The highest BCUT2D eigenvalue weighted by Gasteiger charge is 2.13. The normalized spacial score (nSPS) is 12.1. The lowest BCUT2D eigenvalue weighted by Gasteiger charge is -2.00. The monoisotopic (exact) mass is 226 g/mol. The second-order valence-electron chi connectivity index (χ2n) is 3.07. The van der Waals surface area contributed by atoms with Crippen LogP contribution in [0.15, 0.2) is 27.5 Å². The lowest BCUT2D eigenvalue weighted by Crippen LogP contribution is -2.18. The van der Waals surface area contributed by atoms with Crippen LogP contribution >= 0.6 is 0 Å². The summed E-state index contributed by atoms with van der Waals surface area (Å²) in [7, 11) is -2.05. The zero-order valence-corrected chi connectivity index (χ0v) is 9.13. The molecule has 1 aromatic carbocycles. The number of nitrogens with zero attached hydrogens (tertiary/aromatic N) is 1. The van der Waals surface area contributed by atoms with Gasteiger partial charge in [0, 0.05) is 13.0 Å². The van der Waals surface area contributed by atoms with Gasteiger partial charge in [0.25, 0.3) is 0 Å². The van der Waals surface area contributed by atoms with E-state index in [4.69, 9.17) is 4.42 Å². The first-order valence-corrected chi connectivity index (χ1v) is 5.82. The maximum Gasteiger partial charge on any atom is 0.240 e. The van der Waals surface area contributed by atoms with E-state index in [9.17, 15) is 8.42 Å². The van der Waals surface area contributed by atoms with Crippen molar-refractivity contribution >= 4 is 21.1 Å². The lowest BCUT2D eigenvalue weighted by molar-refractivity contribution is 0.559. The second-order valence-corrected chi connectivity index (χ2v) is 4.96. The van der Waals surface area contributed by atoms with Crippen LogP contribution in [0.4, 0.5) is 0 Å². The fourth-order valence-electron chi connectivity index (χ4n) is 1.31.